The number of amides is 2. The Labute approximate surface area is 160 Å². The van der Waals surface area contributed by atoms with E-state index in [1.54, 1.807) is 24.1 Å². The summed E-state index contributed by atoms with van der Waals surface area (Å²) in [5.41, 5.74) is 3.03. The number of rotatable bonds is 7. The fraction of sp³-hybridized carbons (Fsp3) is 0.333. The lowest BCUT2D eigenvalue weighted by Gasteiger charge is -2.30. The van der Waals surface area contributed by atoms with E-state index in [0.717, 1.165) is 16.7 Å². The van der Waals surface area contributed by atoms with Gasteiger partial charge in [-0.1, -0.05) is 60.5 Å². The minimum Gasteiger partial charge on any atom is -0.357 e. The van der Waals surface area contributed by atoms with Crippen LogP contribution in [-0.4, -0.2) is 29.8 Å². The van der Waals surface area contributed by atoms with Crippen LogP contribution in [0.15, 0.2) is 48.5 Å². The number of likely N-dealkylation sites (N-methyl/N-ethyl adjacent to an activating group) is 1. The molecule has 0 fully saturated rings. The van der Waals surface area contributed by atoms with Gasteiger partial charge in [0.05, 0.1) is 6.42 Å². The highest BCUT2D eigenvalue weighted by molar-refractivity contribution is 6.30. The summed E-state index contributed by atoms with van der Waals surface area (Å²) in [5, 5.41) is 3.31. The fourth-order valence-electron chi connectivity index (χ4n) is 2.85. The molecule has 26 heavy (non-hydrogen) atoms. The highest BCUT2D eigenvalue weighted by Crippen LogP contribution is 2.17. The molecule has 2 rings (SSSR count). The highest BCUT2D eigenvalue weighted by atomic mass is 35.5. The van der Waals surface area contributed by atoms with Crippen LogP contribution in [0.5, 0.6) is 0 Å². The molecule has 138 valence electrons. The number of halogens is 1. The summed E-state index contributed by atoms with van der Waals surface area (Å²) in [4.78, 5) is 27.0. The van der Waals surface area contributed by atoms with Crippen molar-refractivity contribution in [2.24, 2.45) is 0 Å². The van der Waals surface area contributed by atoms with Crippen molar-refractivity contribution in [1.82, 2.24) is 10.2 Å². The van der Waals surface area contributed by atoms with Crippen LogP contribution in [0.25, 0.3) is 0 Å². The van der Waals surface area contributed by atoms with E-state index in [2.05, 4.69) is 5.32 Å². The SMILES string of the molecule is CC[C@@H](C(=O)NC)N(Cc1ccc(Cl)cc1)C(=O)Cc1ccc(C)cc1. The van der Waals surface area contributed by atoms with Crippen LogP contribution in [0.4, 0.5) is 0 Å². The average Bonchev–Trinajstić information content (AvgIpc) is 2.64. The zero-order chi connectivity index (χ0) is 19.1. The molecule has 2 amide bonds. The van der Waals surface area contributed by atoms with Gasteiger partial charge in [0, 0.05) is 18.6 Å². The van der Waals surface area contributed by atoms with Crippen LogP contribution in [0.3, 0.4) is 0 Å². The summed E-state index contributed by atoms with van der Waals surface area (Å²) >= 11 is 5.95. The third-order valence-corrected chi connectivity index (χ3v) is 4.63. The van der Waals surface area contributed by atoms with E-state index in [4.69, 9.17) is 11.6 Å². The van der Waals surface area contributed by atoms with E-state index in [1.807, 2.05) is 50.2 Å². The van der Waals surface area contributed by atoms with Gasteiger partial charge in [-0.05, 0) is 36.6 Å². The van der Waals surface area contributed by atoms with Gasteiger partial charge in [-0.2, -0.15) is 0 Å². The smallest absolute Gasteiger partial charge is 0.242 e. The van der Waals surface area contributed by atoms with Gasteiger partial charge < -0.3 is 10.2 Å². The van der Waals surface area contributed by atoms with Gasteiger partial charge in [-0.3, -0.25) is 9.59 Å². The predicted octanol–water partition coefficient (Wildman–Crippen LogP) is 3.74. The lowest BCUT2D eigenvalue weighted by atomic mass is 10.1. The summed E-state index contributed by atoms with van der Waals surface area (Å²) in [6.07, 6.45) is 0.814. The Hall–Kier alpha value is -2.33. The molecular weight excluding hydrogens is 348 g/mol. The predicted molar refractivity (Wildman–Crippen MR) is 105 cm³/mol. The number of hydrogen-bond acceptors (Lipinski definition) is 2. The number of aryl methyl sites for hydroxylation is 1. The summed E-state index contributed by atoms with van der Waals surface area (Å²) < 4.78 is 0. The third-order valence-electron chi connectivity index (χ3n) is 4.37. The summed E-state index contributed by atoms with van der Waals surface area (Å²) in [6.45, 7) is 4.29. The van der Waals surface area contributed by atoms with Crippen molar-refractivity contribution < 1.29 is 9.59 Å². The largest absolute Gasteiger partial charge is 0.357 e. The molecule has 1 atom stereocenters. The summed E-state index contributed by atoms with van der Waals surface area (Å²) in [6, 6.07) is 14.7. The Kier molecular flexibility index (Phi) is 7.22. The van der Waals surface area contributed by atoms with E-state index in [9.17, 15) is 9.59 Å². The molecule has 4 nitrogen and oxygen atoms in total. The molecule has 0 heterocycles. The molecule has 5 heteroatoms. The molecule has 0 bridgehead atoms. The van der Waals surface area contributed by atoms with Gasteiger partial charge in [0.2, 0.25) is 11.8 Å². The lowest BCUT2D eigenvalue weighted by molar-refractivity contribution is -0.140. The monoisotopic (exact) mass is 372 g/mol. The van der Waals surface area contributed by atoms with Crippen molar-refractivity contribution in [3.05, 3.63) is 70.2 Å². The normalized spacial score (nSPS) is 11.7. The molecule has 2 aromatic rings. The zero-order valence-corrected chi connectivity index (χ0v) is 16.2. The van der Waals surface area contributed by atoms with Crippen LogP contribution in [-0.2, 0) is 22.6 Å². The molecule has 2 aromatic carbocycles. The van der Waals surface area contributed by atoms with Crippen LogP contribution in [0.1, 0.15) is 30.0 Å². The molecule has 0 unspecified atom stereocenters. The highest BCUT2D eigenvalue weighted by Gasteiger charge is 2.27. The Bertz CT molecular complexity index is 742. The standard InChI is InChI=1S/C21H25ClN2O2/c1-4-19(21(26)23-3)24(14-17-9-11-18(22)12-10-17)20(25)13-16-7-5-15(2)6-8-16/h5-12,19H,4,13-14H2,1-3H3,(H,23,26)/t19-/m0/s1. The van der Waals surface area contributed by atoms with Crippen molar-refractivity contribution in [2.45, 2.75) is 39.3 Å². The number of benzene rings is 2. The van der Waals surface area contributed by atoms with Crippen LogP contribution in [0, 0.1) is 6.92 Å². The molecule has 0 spiro atoms. The topological polar surface area (TPSA) is 49.4 Å². The van der Waals surface area contributed by atoms with Gasteiger partial charge in [0.25, 0.3) is 0 Å². The number of carbonyl (C=O) groups excluding carboxylic acids is 2. The number of nitrogens with one attached hydrogen (secondary N) is 1. The molecule has 0 aliphatic heterocycles. The molecule has 0 radical (unpaired) electrons. The van der Waals surface area contributed by atoms with E-state index in [-0.39, 0.29) is 18.2 Å². The van der Waals surface area contributed by atoms with E-state index in [1.165, 1.54) is 0 Å². The van der Waals surface area contributed by atoms with Crippen LogP contribution < -0.4 is 5.32 Å². The van der Waals surface area contributed by atoms with Crippen LogP contribution >= 0.6 is 11.6 Å². The molecular formula is C21H25ClN2O2. The van der Waals surface area contributed by atoms with Gasteiger partial charge in [-0.15, -0.1) is 0 Å². The van der Waals surface area contributed by atoms with E-state index < -0.39 is 6.04 Å². The molecule has 0 saturated carbocycles. The Balaban J connectivity index is 2.25. The van der Waals surface area contributed by atoms with Crippen molar-refractivity contribution in [3.63, 3.8) is 0 Å². The first kappa shape index (κ1) is 20.0. The molecule has 0 aliphatic rings. The maximum atomic E-state index is 13.0. The second kappa shape index (κ2) is 9.39. The minimum atomic E-state index is -0.506. The molecule has 1 N–H and O–H groups in total. The van der Waals surface area contributed by atoms with E-state index in [0.29, 0.717) is 18.0 Å². The number of carbonyl (C=O) groups is 2. The van der Waals surface area contributed by atoms with Crippen molar-refractivity contribution >= 4 is 23.4 Å². The average molecular weight is 373 g/mol. The summed E-state index contributed by atoms with van der Waals surface area (Å²) in [5.74, 6) is -0.224. The quantitative estimate of drug-likeness (QED) is 0.804. The molecule has 0 aromatic heterocycles. The fourth-order valence-corrected chi connectivity index (χ4v) is 2.98. The maximum absolute atomic E-state index is 13.0. The van der Waals surface area contributed by atoms with Gasteiger partial charge >= 0.3 is 0 Å². The van der Waals surface area contributed by atoms with Gasteiger partial charge in [0.15, 0.2) is 0 Å². The Morgan fingerprint density at radius 3 is 2.15 bits per heavy atom. The van der Waals surface area contributed by atoms with Crippen molar-refractivity contribution in [2.75, 3.05) is 7.05 Å². The minimum absolute atomic E-state index is 0.0701. The van der Waals surface area contributed by atoms with Gasteiger partial charge in [-0.25, -0.2) is 0 Å². The Morgan fingerprint density at radius 1 is 1.04 bits per heavy atom. The van der Waals surface area contributed by atoms with E-state index >= 15 is 0 Å². The first-order valence-electron chi connectivity index (χ1n) is 8.75. The molecule has 0 saturated heterocycles. The first-order valence-corrected chi connectivity index (χ1v) is 9.13. The summed E-state index contributed by atoms with van der Waals surface area (Å²) in [7, 11) is 1.59. The lowest BCUT2D eigenvalue weighted by Crippen LogP contribution is -2.48. The zero-order valence-electron chi connectivity index (χ0n) is 15.5. The third kappa shape index (κ3) is 5.33. The number of hydrogen-bond donors (Lipinski definition) is 1. The Morgan fingerprint density at radius 2 is 1.62 bits per heavy atom. The second-order valence-corrected chi connectivity index (χ2v) is 6.79. The maximum Gasteiger partial charge on any atom is 0.242 e. The first-order chi connectivity index (χ1) is 12.4. The van der Waals surface area contributed by atoms with Gasteiger partial charge in [0.1, 0.15) is 6.04 Å². The number of nitrogens with zero attached hydrogens (tertiary/aromatic N) is 1. The van der Waals surface area contributed by atoms with Crippen LogP contribution in [0.2, 0.25) is 5.02 Å². The van der Waals surface area contributed by atoms with Crippen molar-refractivity contribution in [3.8, 4) is 0 Å². The molecule has 0 aliphatic carbocycles. The van der Waals surface area contributed by atoms with Crippen molar-refractivity contribution in [1.29, 1.82) is 0 Å². The second-order valence-electron chi connectivity index (χ2n) is 6.35.